The second kappa shape index (κ2) is 4.93. The van der Waals surface area contributed by atoms with E-state index < -0.39 is 18.2 Å². The van der Waals surface area contributed by atoms with E-state index in [1.807, 2.05) is 13.0 Å². The van der Waals surface area contributed by atoms with Crippen molar-refractivity contribution in [3.63, 3.8) is 0 Å². The number of ether oxygens (including phenoxy) is 1. The number of carbonyl (C=O) groups is 1. The number of hydrogen-bond acceptors (Lipinski definition) is 3. The molecule has 0 saturated carbocycles. The zero-order valence-electron chi connectivity index (χ0n) is 7.83. The Kier molecular flexibility index (Phi) is 4.59. The first kappa shape index (κ1) is 11.2. The maximum Gasteiger partial charge on any atom is 0.332 e. The van der Waals surface area contributed by atoms with Crippen molar-refractivity contribution in [1.29, 1.82) is 0 Å². The summed E-state index contributed by atoms with van der Waals surface area (Å²) in [6, 6.07) is 0. The second-order valence-corrected chi connectivity index (χ2v) is 3.05. The minimum atomic E-state index is -0.615. The number of rotatable bonds is 4. The van der Waals surface area contributed by atoms with E-state index in [1.165, 1.54) is 0 Å². The summed E-state index contributed by atoms with van der Waals surface area (Å²) in [6.45, 7) is 4.98. The van der Waals surface area contributed by atoms with Crippen LogP contribution in [0.4, 0.5) is 0 Å². The Morgan fingerprint density at radius 3 is 2.58 bits per heavy atom. The van der Waals surface area contributed by atoms with Crippen LogP contribution in [0.25, 0.3) is 0 Å². The highest BCUT2D eigenvalue weighted by atomic mass is 16.6. The molecule has 0 aliphatic heterocycles. The summed E-state index contributed by atoms with van der Waals surface area (Å²) >= 11 is 0. The number of aliphatic hydroxyl groups is 1. The summed E-state index contributed by atoms with van der Waals surface area (Å²) in [4.78, 5) is 10.7. The Morgan fingerprint density at radius 2 is 2.17 bits per heavy atom. The Bertz CT molecular complexity index is 171. The molecule has 0 aromatic rings. The molecule has 0 saturated heterocycles. The van der Waals surface area contributed by atoms with Gasteiger partial charge in [0, 0.05) is 0 Å². The molecule has 0 amide bonds. The minimum Gasteiger partial charge on any atom is -0.454 e. The Hall–Kier alpha value is -0.830. The molecule has 0 aromatic heterocycles. The molecule has 0 heterocycles. The Morgan fingerprint density at radius 1 is 1.58 bits per heavy atom. The third-order valence-corrected chi connectivity index (χ3v) is 1.26. The van der Waals surface area contributed by atoms with Gasteiger partial charge in [-0.3, -0.25) is 0 Å². The first-order chi connectivity index (χ1) is 5.52. The average molecular weight is 172 g/mol. The van der Waals surface area contributed by atoms with E-state index in [0.717, 1.165) is 6.42 Å². The number of hydrogen-bond donors (Lipinski definition) is 1. The third kappa shape index (κ3) is 4.91. The molecule has 0 aliphatic rings. The van der Waals surface area contributed by atoms with Crippen LogP contribution in [0.3, 0.4) is 0 Å². The number of aliphatic hydroxyl groups excluding tert-OH is 1. The monoisotopic (exact) mass is 172 g/mol. The minimum absolute atomic E-state index is 0.566. The van der Waals surface area contributed by atoms with Crippen molar-refractivity contribution in [2.45, 2.75) is 32.8 Å². The molecule has 0 unspecified atom stereocenters. The van der Waals surface area contributed by atoms with E-state index in [-0.39, 0.29) is 0 Å². The van der Waals surface area contributed by atoms with E-state index in [0.29, 0.717) is 0 Å². The molecule has 0 atom stereocenters. The van der Waals surface area contributed by atoms with E-state index in [4.69, 9.17) is 9.84 Å². The summed E-state index contributed by atoms with van der Waals surface area (Å²) in [5.74, 6) is -0.597. The molecular weight excluding hydrogens is 156 g/mol. The molecule has 0 radical (unpaired) electrons. The van der Waals surface area contributed by atoms with Gasteiger partial charge >= 0.3 is 5.97 Å². The van der Waals surface area contributed by atoms with Crippen LogP contribution in [0.2, 0.25) is 0 Å². The van der Waals surface area contributed by atoms with Crippen molar-refractivity contribution in [3.05, 3.63) is 12.2 Å². The smallest absolute Gasteiger partial charge is 0.332 e. The molecule has 0 bridgehead atoms. The van der Waals surface area contributed by atoms with Crippen LogP contribution < -0.4 is 0 Å². The molecule has 3 nitrogen and oxygen atoms in total. The van der Waals surface area contributed by atoms with Gasteiger partial charge in [-0.05, 0) is 26.3 Å². The molecule has 1 N–H and O–H groups in total. The van der Waals surface area contributed by atoms with Crippen molar-refractivity contribution < 1.29 is 14.6 Å². The fourth-order valence-electron chi connectivity index (χ4n) is 0.761. The maximum absolute atomic E-state index is 10.7. The third-order valence-electron chi connectivity index (χ3n) is 1.26. The highest BCUT2D eigenvalue weighted by Crippen LogP contribution is 2.11. The van der Waals surface area contributed by atoms with Gasteiger partial charge in [0.25, 0.3) is 0 Å². The van der Waals surface area contributed by atoms with Gasteiger partial charge in [-0.2, -0.15) is 0 Å². The van der Waals surface area contributed by atoms with E-state index >= 15 is 0 Å². The number of allylic oxidation sites excluding steroid dienone is 1. The zero-order chi connectivity index (χ0) is 9.61. The standard InChI is InChI=1S/C9H16O3/c1-4-5-6-9(2,3)12-8(11)7-10/h5-6,10H,4,7H2,1-3H3. The van der Waals surface area contributed by atoms with Crippen LogP contribution in [0, 0.1) is 0 Å². The lowest BCUT2D eigenvalue weighted by Crippen LogP contribution is -2.27. The molecule has 0 rings (SSSR count). The average Bonchev–Trinajstić information content (AvgIpc) is 2.00. The van der Waals surface area contributed by atoms with Gasteiger partial charge in [-0.25, -0.2) is 4.79 Å². The summed E-state index contributed by atoms with van der Waals surface area (Å²) in [5, 5.41) is 8.42. The second-order valence-electron chi connectivity index (χ2n) is 3.05. The topological polar surface area (TPSA) is 46.5 Å². The van der Waals surface area contributed by atoms with Gasteiger partial charge in [0.2, 0.25) is 0 Å². The van der Waals surface area contributed by atoms with Gasteiger partial charge in [0.1, 0.15) is 12.2 Å². The maximum atomic E-state index is 10.7. The molecule has 0 fully saturated rings. The van der Waals surface area contributed by atoms with Crippen molar-refractivity contribution in [3.8, 4) is 0 Å². The SMILES string of the molecule is CCC=CC(C)(C)OC(=O)CO. The summed E-state index contributed by atoms with van der Waals surface area (Å²) < 4.78 is 4.91. The number of carbonyl (C=O) groups excluding carboxylic acids is 1. The molecule has 70 valence electrons. The number of esters is 1. The van der Waals surface area contributed by atoms with Gasteiger partial charge in [0.05, 0.1) is 0 Å². The lowest BCUT2D eigenvalue weighted by molar-refractivity contribution is -0.155. The van der Waals surface area contributed by atoms with Gasteiger partial charge in [-0.1, -0.05) is 13.0 Å². The van der Waals surface area contributed by atoms with E-state index in [1.54, 1.807) is 19.9 Å². The zero-order valence-corrected chi connectivity index (χ0v) is 7.83. The molecule has 12 heavy (non-hydrogen) atoms. The van der Waals surface area contributed by atoms with E-state index in [9.17, 15) is 4.79 Å². The Balaban J connectivity index is 4.03. The highest BCUT2D eigenvalue weighted by Gasteiger charge is 2.17. The fourth-order valence-corrected chi connectivity index (χ4v) is 0.761. The first-order valence-electron chi connectivity index (χ1n) is 4.02. The predicted octanol–water partition coefficient (Wildman–Crippen LogP) is 1.27. The molecule has 0 spiro atoms. The van der Waals surface area contributed by atoms with Crippen LogP contribution >= 0.6 is 0 Å². The van der Waals surface area contributed by atoms with E-state index in [2.05, 4.69) is 0 Å². The van der Waals surface area contributed by atoms with Crippen molar-refractivity contribution >= 4 is 5.97 Å². The molecule has 0 aliphatic carbocycles. The molecular formula is C9H16O3. The summed E-state index contributed by atoms with van der Waals surface area (Å²) in [5.41, 5.74) is -0.615. The highest BCUT2D eigenvalue weighted by molar-refractivity contribution is 5.71. The van der Waals surface area contributed by atoms with Crippen LogP contribution in [0.5, 0.6) is 0 Å². The van der Waals surface area contributed by atoms with Crippen LogP contribution in [0.1, 0.15) is 27.2 Å². The lowest BCUT2D eigenvalue weighted by Gasteiger charge is -2.20. The van der Waals surface area contributed by atoms with Crippen molar-refractivity contribution in [2.75, 3.05) is 6.61 Å². The lowest BCUT2D eigenvalue weighted by atomic mass is 10.1. The first-order valence-corrected chi connectivity index (χ1v) is 4.02. The Labute approximate surface area is 73.0 Å². The largest absolute Gasteiger partial charge is 0.454 e. The fraction of sp³-hybridized carbons (Fsp3) is 0.667. The predicted molar refractivity (Wildman–Crippen MR) is 46.7 cm³/mol. The van der Waals surface area contributed by atoms with Gasteiger partial charge in [-0.15, -0.1) is 0 Å². The van der Waals surface area contributed by atoms with Crippen molar-refractivity contribution in [1.82, 2.24) is 0 Å². The van der Waals surface area contributed by atoms with Crippen LogP contribution in [-0.4, -0.2) is 23.3 Å². The van der Waals surface area contributed by atoms with Gasteiger partial charge in [0.15, 0.2) is 0 Å². The van der Waals surface area contributed by atoms with Crippen LogP contribution in [0.15, 0.2) is 12.2 Å². The molecule has 0 aromatic carbocycles. The van der Waals surface area contributed by atoms with Gasteiger partial charge < -0.3 is 9.84 Å². The van der Waals surface area contributed by atoms with Crippen molar-refractivity contribution in [2.24, 2.45) is 0 Å². The normalized spacial score (nSPS) is 12.0. The molecule has 3 heteroatoms. The summed E-state index contributed by atoms with van der Waals surface area (Å²) in [7, 11) is 0. The summed E-state index contributed by atoms with van der Waals surface area (Å²) in [6.07, 6.45) is 4.63. The van der Waals surface area contributed by atoms with Crippen LogP contribution in [-0.2, 0) is 9.53 Å². The quantitative estimate of drug-likeness (QED) is 0.513.